The van der Waals surface area contributed by atoms with Crippen LogP contribution in [0.5, 0.6) is 0 Å². The lowest BCUT2D eigenvalue weighted by Crippen LogP contribution is -2.52. The van der Waals surface area contributed by atoms with Crippen LogP contribution >= 0.6 is 0 Å². The van der Waals surface area contributed by atoms with E-state index >= 15 is 0 Å². The van der Waals surface area contributed by atoms with Crippen LogP contribution in [-0.4, -0.2) is 59.0 Å². The zero-order valence-corrected chi connectivity index (χ0v) is 10.4. The maximum absolute atomic E-state index is 11.9. The summed E-state index contributed by atoms with van der Waals surface area (Å²) in [6, 6.07) is 0.487. The quantitative estimate of drug-likeness (QED) is 0.669. The Morgan fingerprint density at radius 3 is 2.88 bits per heavy atom. The van der Waals surface area contributed by atoms with Crippen LogP contribution in [-0.2, 0) is 9.53 Å². The van der Waals surface area contributed by atoms with Gasteiger partial charge in [-0.15, -0.1) is 0 Å². The average molecular weight is 243 g/mol. The molecule has 2 saturated heterocycles. The molecule has 0 spiro atoms. The molecule has 2 N–H and O–H groups in total. The number of hydrogen-bond donors (Lipinski definition) is 2. The number of fused-ring (bicyclic) bond motifs is 2. The lowest BCUT2D eigenvalue weighted by Gasteiger charge is -2.39. The van der Waals surface area contributed by atoms with Gasteiger partial charge in [0.2, 0.25) is 0 Å². The molecule has 5 nitrogen and oxygen atoms in total. The molecule has 5 heteroatoms. The van der Waals surface area contributed by atoms with Crippen LogP contribution in [0.1, 0.15) is 26.2 Å². The largest absolute Gasteiger partial charge is 0.463 e. The fourth-order valence-electron chi connectivity index (χ4n) is 3.05. The van der Waals surface area contributed by atoms with Crippen molar-refractivity contribution in [3.8, 4) is 0 Å². The molecule has 0 aromatic heterocycles. The Hall–Kier alpha value is -0.650. The first-order chi connectivity index (χ1) is 8.00. The molecular formula is C12H21NO4. The van der Waals surface area contributed by atoms with Gasteiger partial charge in [-0.05, 0) is 33.2 Å². The second kappa shape index (κ2) is 4.92. The monoisotopic (exact) mass is 243 g/mol. The molecule has 0 aromatic rings. The van der Waals surface area contributed by atoms with Gasteiger partial charge in [-0.3, -0.25) is 9.69 Å². The van der Waals surface area contributed by atoms with Crippen LogP contribution < -0.4 is 0 Å². The SMILES string of the molecule is CC(O)COC(=O)[C@@H]1[C@H]2CC[C@@H](C[C@@H]1O)N2C. The Morgan fingerprint density at radius 1 is 1.53 bits per heavy atom. The van der Waals surface area contributed by atoms with Crippen LogP contribution in [0.3, 0.4) is 0 Å². The Kier molecular flexibility index (Phi) is 3.70. The first-order valence-corrected chi connectivity index (χ1v) is 6.25. The predicted octanol–water partition coefficient (Wildman–Crippen LogP) is -0.246. The summed E-state index contributed by atoms with van der Waals surface area (Å²) >= 11 is 0. The van der Waals surface area contributed by atoms with Gasteiger partial charge < -0.3 is 14.9 Å². The molecule has 1 unspecified atom stereocenters. The van der Waals surface area contributed by atoms with Crippen molar-refractivity contribution >= 4 is 5.97 Å². The average Bonchev–Trinajstić information content (AvgIpc) is 2.50. The fraction of sp³-hybridized carbons (Fsp3) is 0.917. The summed E-state index contributed by atoms with van der Waals surface area (Å²) in [5.41, 5.74) is 0. The van der Waals surface area contributed by atoms with Crippen LogP contribution in [0.4, 0.5) is 0 Å². The van der Waals surface area contributed by atoms with E-state index in [2.05, 4.69) is 4.90 Å². The van der Waals surface area contributed by atoms with Gasteiger partial charge in [0.1, 0.15) is 6.61 Å². The van der Waals surface area contributed by atoms with Gasteiger partial charge in [0.25, 0.3) is 0 Å². The van der Waals surface area contributed by atoms with Crippen molar-refractivity contribution in [1.29, 1.82) is 0 Å². The van der Waals surface area contributed by atoms with Crippen molar-refractivity contribution < 1.29 is 19.7 Å². The van der Waals surface area contributed by atoms with Gasteiger partial charge in [0, 0.05) is 12.1 Å². The third-order valence-electron chi connectivity index (χ3n) is 3.98. The number of carbonyl (C=O) groups is 1. The highest BCUT2D eigenvalue weighted by molar-refractivity contribution is 5.74. The van der Waals surface area contributed by atoms with Crippen LogP contribution in [0.2, 0.25) is 0 Å². The number of ether oxygens (including phenoxy) is 1. The molecule has 0 amide bonds. The third kappa shape index (κ3) is 2.46. The van der Waals surface area contributed by atoms with Gasteiger partial charge in [-0.1, -0.05) is 0 Å². The first-order valence-electron chi connectivity index (χ1n) is 6.25. The Morgan fingerprint density at radius 2 is 2.24 bits per heavy atom. The van der Waals surface area contributed by atoms with Crippen molar-refractivity contribution in [3.63, 3.8) is 0 Å². The summed E-state index contributed by atoms with van der Waals surface area (Å²) < 4.78 is 5.04. The first kappa shape index (κ1) is 12.8. The minimum Gasteiger partial charge on any atom is -0.463 e. The lowest BCUT2D eigenvalue weighted by molar-refractivity contribution is -0.161. The summed E-state index contributed by atoms with van der Waals surface area (Å²) in [7, 11) is 2.00. The number of hydrogen-bond acceptors (Lipinski definition) is 5. The zero-order chi connectivity index (χ0) is 12.6. The van der Waals surface area contributed by atoms with E-state index in [1.165, 1.54) is 0 Å². The van der Waals surface area contributed by atoms with E-state index in [-0.39, 0.29) is 18.6 Å². The number of esters is 1. The number of nitrogens with zero attached hydrogens (tertiary/aromatic N) is 1. The highest BCUT2D eigenvalue weighted by Gasteiger charge is 2.48. The molecule has 0 saturated carbocycles. The van der Waals surface area contributed by atoms with Gasteiger partial charge in [0.15, 0.2) is 0 Å². The van der Waals surface area contributed by atoms with E-state index in [1.54, 1.807) is 6.92 Å². The number of piperidine rings is 1. The molecule has 0 aromatic carbocycles. The van der Waals surface area contributed by atoms with E-state index in [4.69, 9.17) is 9.84 Å². The van der Waals surface area contributed by atoms with Crippen LogP contribution in [0.15, 0.2) is 0 Å². The van der Waals surface area contributed by atoms with Crippen LogP contribution in [0, 0.1) is 5.92 Å². The minimum absolute atomic E-state index is 0.00190. The lowest BCUT2D eigenvalue weighted by atomic mass is 9.88. The molecule has 2 aliphatic rings. The third-order valence-corrected chi connectivity index (χ3v) is 3.98. The highest BCUT2D eigenvalue weighted by Crippen LogP contribution is 2.38. The molecule has 17 heavy (non-hydrogen) atoms. The van der Waals surface area contributed by atoms with Crippen molar-refractivity contribution in [2.45, 2.75) is 50.5 Å². The molecule has 2 heterocycles. The molecule has 2 rings (SSSR count). The van der Waals surface area contributed by atoms with E-state index in [0.29, 0.717) is 12.5 Å². The maximum atomic E-state index is 11.9. The maximum Gasteiger partial charge on any atom is 0.313 e. The molecule has 98 valence electrons. The number of rotatable bonds is 3. The van der Waals surface area contributed by atoms with E-state index in [0.717, 1.165) is 12.8 Å². The number of aliphatic hydroxyl groups excluding tert-OH is 2. The summed E-state index contributed by atoms with van der Waals surface area (Å²) in [6.07, 6.45) is 1.35. The van der Waals surface area contributed by atoms with Crippen molar-refractivity contribution in [1.82, 2.24) is 4.90 Å². The summed E-state index contributed by atoms with van der Waals surface area (Å²) in [6.45, 7) is 1.57. The van der Waals surface area contributed by atoms with Gasteiger partial charge >= 0.3 is 5.97 Å². The minimum atomic E-state index is -0.659. The highest BCUT2D eigenvalue weighted by atomic mass is 16.5. The standard InChI is InChI=1S/C12H21NO4/c1-7(14)6-17-12(16)11-9-4-3-8(13(9)2)5-10(11)15/h7-11,14-15H,3-6H2,1-2H3/t7?,8-,9+,10-,11+/m0/s1. The smallest absolute Gasteiger partial charge is 0.313 e. The van der Waals surface area contributed by atoms with Gasteiger partial charge in [-0.2, -0.15) is 0 Å². The van der Waals surface area contributed by atoms with Crippen molar-refractivity contribution in [2.75, 3.05) is 13.7 Å². The molecule has 2 aliphatic heterocycles. The molecule has 2 bridgehead atoms. The second-order valence-electron chi connectivity index (χ2n) is 5.27. The van der Waals surface area contributed by atoms with Crippen molar-refractivity contribution in [3.05, 3.63) is 0 Å². The molecule has 2 fully saturated rings. The predicted molar refractivity (Wildman–Crippen MR) is 61.3 cm³/mol. The topological polar surface area (TPSA) is 70.0 Å². The summed E-state index contributed by atoms with van der Waals surface area (Å²) in [5.74, 6) is -0.840. The van der Waals surface area contributed by atoms with Crippen LogP contribution in [0.25, 0.3) is 0 Å². The zero-order valence-electron chi connectivity index (χ0n) is 10.4. The van der Waals surface area contributed by atoms with Gasteiger partial charge in [0.05, 0.1) is 18.1 Å². The number of aliphatic hydroxyl groups is 2. The Balaban J connectivity index is 2.00. The second-order valence-corrected chi connectivity index (χ2v) is 5.27. The Bertz CT molecular complexity index is 294. The molecule has 0 aliphatic carbocycles. The Labute approximate surface area is 101 Å². The molecule has 0 radical (unpaired) electrons. The fourth-order valence-corrected chi connectivity index (χ4v) is 3.05. The van der Waals surface area contributed by atoms with E-state index in [1.807, 2.05) is 7.05 Å². The van der Waals surface area contributed by atoms with Crippen molar-refractivity contribution in [2.24, 2.45) is 5.92 Å². The number of carbonyl (C=O) groups excluding carboxylic acids is 1. The normalized spacial score (nSPS) is 39.1. The van der Waals surface area contributed by atoms with Gasteiger partial charge in [-0.25, -0.2) is 0 Å². The summed E-state index contributed by atoms with van der Waals surface area (Å²) in [4.78, 5) is 14.1. The molecular weight excluding hydrogens is 222 g/mol. The molecule has 5 atom stereocenters. The van der Waals surface area contributed by atoms with E-state index < -0.39 is 18.1 Å². The van der Waals surface area contributed by atoms with E-state index in [9.17, 15) is 9.90 Å². The summed E-state index contributed by atoms with van der Waals surface area (Å²) in [5, 5.41) is 19.1.